The van der Waals surface area contributed by atoms with Crippen molar-refractivity contribution in [2.75, 3.05) is 27.4 Å². The number of benzene rings is 2. The predicted molar refractivity (Wildman–Crippen MR) is 216 cm³/mol. The van der Waals surface area contributed by atoms with Gasteiger partial charge < -0.3 is 58.8 Å². The molecule has 294 valence electrons. The molecule has 2 aromatic rings. The molecule has 9 unspecified atom stereocenters. The van der Waals surface area contributed by atoms with E-state index in [-0.39, 0.29) is 42.3 Å². The minimum absolute atomic E-state index is 0.0156. The quantitative estimate of drug-likeness (QED) is 0.0408. The number of aliphatic hydroxyl groups is 1. The number of aromatic hydroxyl groups is 2. The summed E-state index contributed by atoms with van der Waals surface area (Å²) < 4.78 is 48.0. The molecule has 16 nitrogen and oxygen atoms in total. The highest BCUT2D eigenvalue weighted by Gasteiger charge is 2.55. The van der Waals surface area contributed by atoms with Gasteiger partial charge >= 0.3 is 6.72 Å². The van der Waals surface area contributed by atoms with E-state index < -0.39 is 55.4 Å². The van der Waals surface area contributed by atoms with E-state index in [4.69, 9.17) is 67.7 Å². The average molecular weight is 851 g/mol. The molecule has 55 heavy (non-hydrogen) atoms. The lowest BCUT2D eigenvalue weighted by Crippen LogP contribution is -2.49. The second kappa shape index (κ2) is 17.4. The SMILES string of the molecule is [B]C(CC(COP(O)(=S)NNC)NP(=O)(S)OCC1OC([B])CC1NC(=S)NC1C=C2C(=CC1)C1(OC2O)c2ccc(O)cc2Oc2cc(O)ccc21)OC. The van der Waals surface area contributed by atoms with Crippen LogP contribution < -0.4 is 31.1 Å². The van der Waals surface area contributed by atoms with Crippen LogP contribution in [-0.4, -0.2) is 111 Å². The van der Waals surface area contributed by atoms with Crippen LogP contribution in [0.25, 0.3) is 0 Å². The third-order valence-electron chi connectivity index (χ3n) is 9.31. The predicted octanol–water partition coefficient (Wildman–Crippen LogP) is 2.04. The van der Waals surface area contributed by atoms with Crippen molar-refractivity contribution in [2.24, 2.45) is 0 Å². The number of fused-ring (bicyclic) bond motifs is 6. The van der Waals surface area contributed by atoms with Crippen molar-refractivity contribution in [3.05, 3.63) is 70.8 Å². The van der Waals surface area contributed by atoms with E-state index in [0.29, 0.717) is 46.6 Å². The molecule has 2 aromatic carbocycles. The number of nitrogens with one attached hydrogen (secondary N) is 5. The van der Waals surface area contributed by atoms with Gasteiger partial charge in [0.25, 0.3) is 6.64 Å². The molecular weight excluding hydrogens is 810 g/mol. The highest BCUT2D eigenvalue weighted by molar-refractivity contribution is 8.45. The normalized spacial score (nSPS) is 26.9. The summed E-state index contributed by atoms with van der Waals surface area (Å²) >= 11 is 15.0. The Balaban J connectivity index is 1.09. The Morgan fingerprint density at radius 2 is 1.82 bits per heavy atom. The van der Waals surface area contributed by atoms with Crippen LogP contribution in [0.15, 0.2) is 59.7 Å². The smallest absolute Gasteiger partial charge is 0.323 e. The Bertz CT molecular complexity index is 1880. The van der Waals surface area contributed by atoms with Gasteiger partial charge in [0, 0.05) is 54.0 Å². The molecular formula is C32H41B2N5O11P2S3. The molecule has 3 aliphatic heterocycles. The fraction of sp³-hybridized carbons (Fsp3) is 0.469. The molecule has 0 amide bonds. The van der Waals surface area contributed by atoms with E-state index in [1.165, 1.54) is 38.4 Å². The van der Waals surface area contributed by atoms with Gasteiger partial charge in [0.1, 0.15) is 44.8 Å². The van der Waals surface area contributed by atoms with Crippen molar-refractivity contribution in [3.63, 3.8) is 0 Å². The zero-order valence-corrected chi connectivity index (χ0v) is 34.0. The van der Waals surface area contributed by atoms with Gasteiger partial charge in [0.2, 0.25) is 0 Å². The van der Waals surface area contributed by atoms with Crippen molar-refractivity contribution >= 4 is 70.4 Å². The van der Waals surface area contributed by atoms with Crippen molar-refractivity contribution in [1.29, 1.82) is 0 Å². The average Bonchev–Trinajstić information content (AvgIpc) is 3.60. The maximum atomic E-state index is 13.4. The number of hydrogen-bond acceptors (Lipinski definition) is 13. The Kier molecular flexibility index (Phi) is 13.5. The number of phenolic OH excluding ortho intramolecular Hbond substituents is 2. The molecule has 0 bridgehead atoms. The number of hydrazine groups is 1. The number of hydrogen-bond donors (Lipinski definition) is 10. The highest BCUT2D eigenvalue weighted by Crippen LogP contribution is 2.60. The molecule has 4 radical (unpaired) electrons. The first-order valence-electron chi connectivity index (χ1n) is 17.1. The van der Waals surface area contributed by atoms with Crippen molar-refractivity contribution in [3.8, 4) is 23.0 Å². The number of thiocarbonyl (C=S) groups is 1. The van der Waals surface area contributed by atoms with Gasteiger partial charge in [-0.05, 0) is 80.2 Å². The lowest BCUT2D eigenvalue weighted by Gasteiger charge is -2.38. The molecule has 4 aliphatic rings. The van der Waals surface area contributed by atoms with E-state index in [2.05, 4.69) is 38.6 Å². The number of thiol groups is 1. The first-order chi connectivity index (χ1) is 26.0. The molecule has 2 saturated heterocycles. The molecule has 6 rings (SSSR count). The summed E-state index contributed by atoms with van der Waals surface area (Å²) in [5.74, 6) is 0.620. The first kappa shape index (κ1) is 42.6. The van der Waals surface area contributed by atoms with E-state index in [0.717, 1.165) is 0 Å². The van der Waals surface area contributed by atoms with Crippen LogP contribution in [0, 0.1) is 0 Å². The number of aliphatic hydroxyl groups excluding tert-OH is 1. The maximum absolute atomic E-state index is 13.4. The zero-order chi connectivity index (χ0) is 39.7. The Morgan fingerprint density at radius 3 is 2.45 bits per heavy atom. The lowest BCUT2D eigenvalue weighted by molar-refractivity contribution is -0.110. The number of phenols is 2. The van der Waals surface area contributed by atoms with Gasteiger partial charge in [0.05, 0.1) is 25.3 Å². The molecule has 2 fully saturated rings. The van der Waals surface area contributed by atoms with Crippen LogP contribution in [0.3, 0.4) is 0 Å². The van der Waals surface area contributed by atoms with Crippen LogP contribution >= 0.6 is 37.8 Å². The van der Waals surface area contributed by atoms with Crippen molar-refractivity contribution in [1.82, 2.24) is 26.3 Å². The maximum Gasteiger partial charge on any atom is 0.323 e. The number of methoxy groups -OCH3 is 1. The van der Waals surface area contributed by atoms with Crippen LogP contribution in [0.4, 0.5) is 0 Å². The summed E-state index contributed by atoms with van der Waals surface area (Å²) in [5, 5.41) is 43.7. The van der Waals surface area contributed by atoms with Gasteiger partial charge in [-0.15, -0.1) is 0 Å². The van der Waals surface area contributed by atoms with Gasteiger partial charge in [0.15, 0.2) is 17.0 Å². The third-order valence-corrected chi connectivity index (χ3v) is 13.0. The summed E-state index contributed by atoms with van der Waals surface area (Å²) in [7, 11) is 15.0. The first-order valence-corrected chi connectivity index (χ1v) is 22.9. The number of rotatable bonds is 15. The molecule has 9 atom stereocenters. The van der Waals surface area contributed by atoms with E-state index in [9.17, 15) is 24.8 Å². The summed E-state index contributed by atoms with van der Waals surface area (Å²) in [6.07, 6.45) is 2.74. The summed E-state index contributed by atoms with van der Waals surface area (Å²) in [5.41, 5.74) is 3.65. The van der Waals surface area contributed by atoms with Crippen LogP contribution in [0.5, 0.6) is 23.0 Å². The van der Waals surface area contributed by atoms with Gasteiger partial charge in [-0.25, -0.2) is 5.09 Å². The minimum Gasteiger partial charge on any atom is -0.508 e. The fourth-order valence-corrected chi connectivity index (χ4v) is 10.2. The highest BCUT2D eigenvalue weighted by atomic mass is 32.7. The van der Waals surface area contributed by atoms with E-state index in [1.807, 2.05) is 12.2 Å². The molecule has 0 saturated carbocycles. The lowest BCUT2D eigenvalue weighted by atomic mass is 9.74. The third kappa shape index (κ3) is 9.82. The summed E-state index contributed by atoms with van der Waals surface area (Å²) in [4.78, 5) is 10.2. The monoisotopic (exact) mass is 851 g/mol. The minimum atomic E-state index is -3.82. The Labute approximate surface area is 336 Å². The van der Waals surface area contributed by atoms with Crippen LogP contribution in [0.1, 0.15) is 30.4 Å². The van der Waals surface area contributed by atoms with Crippen LogP contribution in [-0.2, 0) is 45.2 Å². The topological polar surface area (TPSA) is 214 Å². The molecule has 23 heteroatoms. The number of ether oxygens (including phenoxy) is 4. The van der Waals surface area contributed by atoms with Crippen molar-refractivity contribution in [2.45, 2.75) is 67.4 Å². The zero-order valence-electron chi connectivity index (χ0n) is 29.7. The summed E-state index contributed by atoms with van der Waals surface area (Å²) in [6, 6.07) is 6.40. The van der Waals surface area contributed by atoms with Crippen molar-refractivity contribution < 1.29 is 52.8 Å². The summed E-state index contributed by atoms with van der Waals surface area (Å²) in [6.45, 7) is -7.58. The standard InChI is InChI=1S/C32H41B2N5O11P2S3/c1-35-39-52(44,55)46-14-17(10-28(33)45-2)38-51(43,54)47-15-27-24(13-29(34)49-27)37-31(53)36-16-3-6-21-20(9-16)30(42)50-32(21)22-7-4-18(40)11-25(22)48-26-12-19(41)5-8-23(26)32/h4-9,11-12,16-17,24,27-30,35,40-42H,3,10,13-15H2,1-2H3,(H2,36,37,53)(H2,38,43,54)(H2,39,44,55). The van der Waals surface area contributed by atoms with Gasteiger partial charge in [-0.1, -0.05) is 24.4 Å². The second-order valence-electron chi connectivity index (χ2n) is 13.2. The van der Waals surface area contributed by atoms with Crippen LogP contribution in [0.2, 0.25) is 0 Å². The fourth-order valence-electron chi connectivity index (χ4n) is 6.95. The molecule has 0 aromatic heterocycles. The Hall–Kier alpha value is -2.03. The van der Waals surface area contributed by atoms with Gasteiger partial charge in [-0.2, -0.15) is 5.20 Å². The largest absolute Gasteiger partial charge is 0.508 e. The van der Waals surface area contributed by atoms with E-state index >= 15 is 0 Å². The Morgan fingerprint density at radius 1 is 1.15 bits per heavy atom. The second-order valence-corrected chi connectivity index (χ2v) is 19.8. The molecule has 3 heterocycles. The van der Waals surface area contributed by atoms with E-state index in [1.54, 1.807) is 12.1 Å². The molecule has 1 aliphatic carbocycles. The molecule has 9 N–H and O–H groups in total. The van der Waals surface area contributed by atoms with Gasteiger partial charge in [-0.3, -0.25) is 9.99 Å². The molecule has 1 spiro atoms.